The van der Waals surface area contributed by atoms with Gasteiger partial charge in [0, 0.05) is 17.8 Å². The van der Waals surface area contributed by atoms with E-state index in [1.807, 2.05) is 26.0 Å². The first-order valence-electron chi connectivity index (χ1n) is 10.8. The number of carbonyl (C=O) groups excluding carboxylic acids is 1. The number of anilines is 1. The van der Waals surface area contributed by atoms with E-state index in [2.05, 4.69) is 10.8 Å². The van der Waals surface area contributed by atoms with Crippen molar-refractivity contribution < 1.29 is 17.9 Å². The SMILES string of the molecule is CCN(C(=O)c1cc(S(=O)(=O)Nc2ccc(OC)cc2)ccc1C)C(C)c1ccc(C#N)cc1. The van der Waals surface area contributed by atoms with E-state index >= 15 is 0 Å². The lowest BCUT2D eigenvalue weighted by atomic mass is 10.0. The lowest BCUT2D eigenvalue weighted by Gasteiger charge is -2.29. The van der Waals surface area contributed by atoms with Gasteiger partial charge in [0.15, 0.2) is 0 Å². The Bertz CT molecular complexity index is 1310. The molecule has 0 aliphatic rings. The third kappa shape index (κ3) is 5.38. The summed E-state index contributed by atoms with van der Waals surface area (Å²) in [6.07, 6.45) is 0. The molecule has 3 rings (SSSR count). The van der Waals surface area contributed by atoms with Crippen molar-refractivity contribution in [3.05, 3.63) is 89.0 Å². The number of sulfonamides is 1. The minimum Gasteiger partial charge on any atom is -0.497 e. The number of nitrogens with one attached hydrogen (secondary N) is 1. The molecule has 0 saturated heterocycles. The minimum atomic E-state index is -3.91. The van der Waals surface area contributed by atoms with Crippen LogP contribution >= 0.6 is 0 Å². The van der Waals surface area contributed by atoms with Crippen LogP contribution in [-0.4, -0.2) is 32.9 Å². The van der Waals surface area contributed by atoms with Crippen LogP contribution in [0.3, 0.4) is 0 Å². The molecule has 0 spiro atoms. The smallest absolute Gasteiger partial charge is 0.261 e. The summed E-state index contributed by atoms with van der Waals surface area (Å²) in [5.41, 5.74) is 2.82. The van der Waals surface area contributed by atoms with E-state index in [0.717, 1.165) is 5.56 Å². The van der Waals surface area contributed by atoms with Gasteiger partial charge < -0.3 is 9.64 Å². The van der Waals surface area contributed by atoms with Crippen molar-refractivity contribution in [2.75, 3.05) is 18.4 Å². The predicted octanol–water partition coefficient (Wildman–Crippen LogP) is 4.90. The zero-order valence-electron chi connectivity index (χ0n) is 19.6. The monoisotopic (exact) mass is 477 g/mol. The summed E-state index contributed by atoms with van der Waals surface area (Å²) < 4.78 is 33.6. The van der Waals surface area contributed by atoms with Crippen LogP contribution in [0.5, 0.6) is 5.75 Å². The molecule has 0 aliphatic heterocycles. The highest BCUT2D eigenvalue weighted by atomic mass is 32.2. The number of methoxy groups -OCH3 is 1. The van der Waals surface area contributed by atoms with Crippen LogP contribution in [-0.2, 0) is 10.0 Å². The van der Waals surface area contributed by atoms with E-state index < -0.39 is 10.0 Å². The standard InChI is InChI=1S/C26H27N3O4S/c1-5-29(19(3)21-9-7-20(17-27)8-10-21)26(30)25-16-24(15-6-18(25)2)34(31,32)28-22-11-13-23(33-4)14-12-22/h6-16,19,28H,5H2,1-4H3. The molecule has 1 atom stereocenters. The molecule has 3 aromatic carbocycles. The molecule has 1 N–H and O–H groups in total. The van der Waals surface area contributed by atoms with E-state index in [-0.39, 0.29) is 16.8 Å². The first kappa shape index (κ1) is 24.8. The van der Waals surface area contributed by atoms with Crippen LogP contribution in [0, 0.1) is 18.3 Å². The van der Waals surface area contributed by atoms with Crippen molar-refractivity contribution in [1.82, 2.24) is 4.90 Å². The number of benzene rings is 3. The molecular weight excluding hydrogens is 450 g/mol. The number of rotatable bonds is 8. The van der Waals surface area contributed by atoms with E-state index in [9.17, 15) is 13.2 Å². The Morgan fingerprint density at radius 1 is 1.09 bits per heavy atom. The van der Waals surface area contributed by atoms with Crippen molar-refractivity contribution in [3.8, 4) is 11.8 Å². The van der Waals surface area contributed by atoms with Gasteiger partial charge in [-0.25, -0.2) is 8.42 Å². The Balaban J connectivity index is 1.89. The molecule has 0 bridgehead atoms. The molecule has 0 aromatic heterocycles. The maximum absolute atomic E-state index is 13.5. The molecule has 0 fully saturated rings. The van der Waals surface area contributed by atoms with Gasteiger partial charge in [0.05, 0.1) is 29.7 Å². The van der Waals surface area contributed by atoms with E-state index in [4.69, 9.17) is 10.00 Å². The van der Waals surface area contributed by atoms with Crippen LogP contribution in [0.4, 0.5) is 5.69 Å². The van der Waals surface area contributed by atoms with Gasteiger partial charge in [0.2, 0.25) is 0 Å². The number of nitrogens with zero attached hydrogens (tertiary/aromatic N) is 2. The molecule has 1 amide bonds. The Morgan fingerprint density at radius 2 is 1.74 bits per heavy atom. The molecule has 0 aliphatic carbocycles. The molecule has 176 valence electrons. The maximum Gasteiger partial charge on any atom is 0.261 e. The second-order valence-electron chi connectivity index (χ2n) is 7.81. The molecule has 8 heteroatoms. The van der Waals surface area contributed by atoms with Crippen molar-refractivity contribution >= 4 is 21.6 Å². The summed E-state index contributed by atoms with van der Waals surface area (Å²) in [5, 5.41) is 9.02. The van der Waals surface area contributed by atoms with Crippen LogP contribution in [0.15, 0.2) is 71.6 Å². The summed E-state index contributed by atoms with van der Waals surface area (Å²) in [4.78, 5) is 15.2. The maximum atomic E-state index is 13.5. The number of aryl methyl sites for hydroxylation is 1. The highest BCUT2D eigenvalue weighted by Crippen LogP contribution is 2.26. The van der Waals surface area contributed by atoms with Crippen molar-refractivity contribution in [3.63, 3.8) is 0 Å². The minimum absolute atomic E-state index is 0.000604. The summed E-state index contributed by atoms with van der Waals surface area (Å²) in [6.45, 7) is 5.99. The van der Waals surface area contributed by atoms with Gasteiger partial charge in [0.25, 0.3) is 15.9 Å². The molecule has 7 nitrogen and oxygen atoms in total. The number of amides is 1. The number of nitriles is 1. The summed E-state index contributed by atoms with van der Waals surface area (Å²) in [5.74, 6) is 0.348. The van der Waals surface area contributed by atoms with Crippen LogP contribution < -0.4 is 9.46 Å². The second-order valence-corrected chi connectivity index (χ2v) is 9.49. The average molecular weight is 478 g/mol. The third-order valence-corrected chi connectivity index (χ3v) is 7.06. The normalized spacial score (nSPS) is 11.9. The van der Waals surface area contributed by atoms with E-state index in [1.54, 1.807) is 54.3 Å². The van der Waals surface area contributed by atoms with Crippen molar-refractivity contribution in [2.24, 2.45) is 0 Å². The van der Waals surface area contributed by atoms with Gasteiger partial charge in [-0.1, -0.05) is 18.2 Å². The lowest BCUT2D eigenvalue weighted by Crippen LogP contribution is -2.34. The largest absolute Gasteiger partial charge is 0.497 e. The highest BCUT2D eigenvalue weighted by Gasteiger charge is 2.25. The quantitative estimate of drug-likeness (QED) is 0.497. The Hall–Kier alpha value is -3.83. The molecule has 0 radical (unpaired) electrons. The molecule has 0 saturated carbocycles. The zero-order valence-corrected chi connectivity index (χ0v) is 20.4. The Morgan fingerprint density at radius 3 is 2.29 bits per heavy atom. The fourth-order valence-corrected chi connectivity index (χ4v) is 4.72. The highest BCUT2D eigenvalue weighted by molar-refractivity contribution is 7.92. The van der Waals surface area contributed by atoms with Crippen LogP contribution in [0.25, 0.3) is 0 Å². The average Bonchev–Trinajstić information content (AvgIpc) is 2.84. The first-order valence-corrected chi connectivity index (χ1v) is 12.3. The lowest BCUT2D eigenvalue weighted by molar-refractivity contribution is 0.0701. The molecule has 34 heavy (non-hydrogen) atoms. The van der Waals surface area contributed by atoms with E-state index in [0.29, 0.717) is 34.7 Å². The number of hydrogen-bond donors (Lipinski definition) is 1. The van der Waals surface area contributed by atoms with Crippen molar-refractivity contribution in [2.45, 2.75) is 31.7 Å². The van der Waals surface area contributed by atoms with Crippen LogP contribution in [0.2, 0.25) is 0 Å². The fourth-order valence-electron chi connectivity index (χ4n) is 3.64. The van der Waals surface area contributed by atoms with Crippen molar-refractivity contribution in [1.29, 1.82) is 5.26 Å². The van der Waals surface area contributed by atoms with Gasteiger partial charge in [-0.05, 0) is 80.4 Å². The van der Waals surface area contributed by atoms with Gasteiger partial charge >= 0.3 is 0 Å². The zero-order chi connectivity index (χ0) is 24.9. The number of ether oxygens (including phenoxy) is 1. The molecule has 0 heterocycles. The van der Waals surface area contributed by atoms with E-state index in [1.165, 1.54) is 19.2 Å². The third-order valence-electron chi connectivity index (χ3n) is 5.68. The van der Waals surface area contributed by atoms with Gasteiger partial charge in [-0.2, -0.15) is 5.26 Å². The predicted molar refractivity (Wildman–Crippen MR) is 131 cm³/mol. The molecular formula is C26H27N3O4S. The Labute approximate surface area is 200 Å². The van der Waals surface area contributed by atoms with Gasteiger partial charge in [-0.15, -0.1) is 0 Å². The van der Waals surface area contributed by atoms with Crippen LogP contribution in [0.1, 0.15) is 46.9 Å². The summed E-state index contributed by atoms with van der Waals surface area (Å²) in [6, 6.07) is 20.0. The fraction of sp³-hybridized carbons (Fsp3) is 0.231. The topological polar surface area (TPSA) is 99.5 Å². The number of hydrogen-bond acceptors (Lipinski definition) is 5. The van der Waals surface area contributed by atoms with Gasteiger partial charge in [0.1, 0.15) is 5.75 Å². The first-order chi connectivity index (χ1) is 16.2. The second kappa shape index (κ2) is 10.4. The Kier molecular flexibility index (Phi) is 7.59. The summed E-state index contributed by atoms with van der Waals surface area (Å²) >= 11 is 0. The van der Waals surface area contributed by atoms with Gasteiger partial charge in [-0.3, -0.25) is 9.52 Å². The summed E-state index contributed by atoms with van der Waals surface area (Å²) in [7, 11) is -2.38. The molecule has 1 unspecified atom stereocenters. The molecule has 3 aromatic rings. The number of carbonyl (C=O) groups is 1.